The third-order valence-electron chi connectivity index (χ3n) is 6.97. The largest absolute Gasteiger partial charge is 0.492 e. The third-order valence-corrected chi connectivity index (χ3v) is 6.97. The molecule has 3 N–H and O–H groups in total. The fourth-order valence-electron chi connectivity index (χ4n) is 4.89. The number of carbonyl (C=O) groups is 3. The van der Waals surface area contributed by atoms with Crippen LogP contribution in [0.15, 0.2) is 72.8 Å². The second-order valence-electron chi connectivity index (χ2n) is 9.83. The summed E-state index contributed by atoms with van der Waals surface area (Å²) in [6, 6.07) is 22.3. The quantitative estimate of drug-likeness (QED) is 0.288. The molecule has 1 fully saturated rings. The number of nitrogens with zero attached hydrogens (tertiary/aromatic N) is 2. The summed E-state index contributed by atoms with van der Waals surface area (Å²) >= 11 is 0. The molecule has 0 saturated carbocycles. The molecule has 10 heteroatoms. The van der Waals surface area contributed by atoms with E-state index in [1.165, 1.54) is 0 Å². The van der Waals surface area contributed by atoms with E-state index in [9.17, 15) is 14.4 Å². The van der Waals surface area contributed by atoms with Crippen LogP contribution in [0.1, 0.15) is 42.7 Å². The molecule has 0 radical (unpaired) electrons. The van der Waals surface area contributed by atoms with Crippen LogP contribution in [0.2, 0.25) is 0 Å². The first-order valence-corrected chi connectivity index (χ1v) is 14.3. The van der Waals surface area contributed by atoms with Crippen molar-refractivity contribution in [1.29, 1.82) is 0 Å². The number of urea groups is 1. The molecule has 42 heavy (non-hydrogen) atoms. The van der Waals surface area contributed by atoms with E-state index in [1.54, 1.807) is 19.1 Å². The summed E-state index contributed by atoms with van der Waals surface area (Å²) in [6.07, 6.45) is 0. The number of benzene rings is 3. The predicted octanol–water partition coefficient (Wildman–Crippen LogP) is 4.59. The van der Waals surface area contributed by atoms with Crippen molar-refractivity contribution in [3.05, 3.63) is 83.9 Å². The van der Waals surface area contributed by atoms with Gasteiger partial charge in [0, 0.05) is 37.6 Å². The molecule has 0 spiro atoms. The maximum atomic E-state index is 13.7. The number of rotatable bonds is 11. The maximum Gasteiger partial charge on any atom is 0.325 e. The number of hydrogen-bond donors (Lipinski definition) is 3. The van der Waals surface area contributed by atoms with Gasteiger partial charge in [0.25, 0.3) is 5.91 Å². The highest BCUT2D eigenvalue weighted by molar-refractivity contribution is 6.02. The molecule has 1 aliphatic rings. The fraction of sp³-hybridized carbons (Fsp3) is 0.344. The molecule has 0 aliphatic carbocycles. The van der Waals surface area contributed by atoms with Gasteiger partial charge in [-0.1, -0.05) is 42.5 Å². The number of ether oxygens (including phenoxy) is 2. The van der Waals surface area contributed by atoms with Gasteiger partial charge in [-0.2, -0.15) is 0 Å². The third kappa shape index (κ3) is 7.93. The average Bonchev–Trinajstić information content (AvgIpc) is 3.01. The minimum Gasteiger partial charge on any atom is -0.492 e. The van der Waals surface area contributed by atoms with Crippen LogP contribution < -0.4 is 30.5 Å². The Kier molecular flexibility index (Phi) is 10.6. The molecule has 10 nitrogen and oxygen atoms in total. The molecule has 1 aliphatic heterocycles. The van der Waals surface area contributed by atoms with Gasteiger partial charge in [0.15, 0.2) is 0 Å². The van der Waals surface area contributed by atoms with Gasteiger partial charge in [0.1, 0.15) is 12.3 Å². The highest BCUT2D eigenvalue weighted by Crippen LogP contribution is 2.31. The lowest BCUT2D eigenvalue weighted by Gasteiger charge is -2.38. The van der Waals surface area contributed by atoms with Crippen molar-refractivity contribution < 1.29 is 23.9 Å². The lowest BCUT2D eigenvalue weighted by molar-refractivity contribution is -0.141. The molecule has 3 aromatic rings. The molecule has 0 aromatic heterocycles. The van der Waals surface area contributed by atoms with E-state index in [0.29, 0.717) is 30.9 Å². The lowest BCUT2D eigenvalue weighted by Crippen LogP contribution is -2.47. The van der Waals surface area contributed by atoms with Crippen LogP contribution in [0.3, 0.4) is 0 Å². The number of amides is 3. The zero-order chi connectivity index (χ0) is 29.9. The number of anilines is 3. The summed E-state index contributed by atoms with van der Waals surface area (Å²) in [6.45, 7) is 9.08. The molecule has 3 aromatic carbocycles. The SMILES string of the molecule is CCOC(=O)CNC(=O)Nc1ccc(N2CCN(c3ccccc3OCC)CC2)c(C(=O)NC(C)c2ccccc2)c1. The molecule has 1 unspecified atom stereocenters. The summed E-state index contributed by atoms with van der Waals surface area (Å²) in [5.41, 5.74) is 3.71. The van der Waals surface area contributed by atoms with Gasteiger partial charge in [-0.25, -0.2) is 4.79 Å². The number of carbonyl (C=O) groups excluding carboxylic acids is 3. The fourth-order valence-corrected chi connectivity index (χ4v) is 4.89. The Bertz CT molecular complexity index is 1360. The summed E-state index contributed by atoms with van der Waals surface area (Å²) < 4.78 is 10.7. The van der Waals surface area contributed by atoms with E-state index in [-0.39, 0.29) is 25.1 Å². The minimum absolute atomic E-state index is 0.219. The van der Waals surface area contributed by atoms with Crippen LogP contribution in [0, 0.1) is 0 Å². The van der Waals surface area contributed by atoms with Crippen LogP contribution in [-0.4, -0.2) is 63.8 Å². The second kappa shape index (κ2) is 14.8. The molecule has 3 amide bonds. The smallest absolute Gasteiger partial charge is 0.325 e. The number of esters is 1. The van der Waals surface area contributed by atoms with E-state index in [2.05, 4.69) is 31.8 Å². The van der Waals surface area contributed by atoms with Crippen molar-refractivity contribution in [2.24, 2.45) is 0 Å². The predicted molar refractivity (Wildman–Crippen MR) is 164 cm³/mol. The Labute approximate surface area is 247 Å². The molecule has 4 rings (SSSR count). The minimum atomic E-state index is -0.568. The van der Waals surface area contributed by atoms with E-state index in [0.717, 1.165) is 35.8 Å². The van der Waals surface area contributed by atoms with Crippen LogP contribution in [-0.2, 0) is 9.53 Å². The van der Waals surface area contributed by atoms with Crippen molar-refractivity contribution in [3.8, 4) is 5.75 Å². The Balaban J connectivity index is 1.52. The van der Waals surface area contributed by atoms with Crippen LogP contribution >= 0.6 is 0 Å². The highest BCUT2D eigenvalue weighted by atomic mass is 16.5. The van der Waals surface area contributed by atoms with Crippen molar-refractivity contribution in [3.63, 3.8) is 0 Å². The molecule has 1 heterocycles. The number of para-hydroxylation sites is 2. The van der Waals surface area contributed by atoms with Gasteiger partial charge in [0.2, 0.25) is 0 Å². The summed E-state index contributed by atoms with van der Waals surface area (Å²) in [4.78, 5) is 42.2. The van der Waals surface area contributed by atoms with E-state index in [1.807, 2.05) is 68.4 Å². The summed E-state index contributed by atoms with van der Waals surface area (Å²) in [5, 5.41) is 8.30. The first kappa shape index (κ1) is 30.2. The van der Waals surface area contributed by atoms with Crippen molar-refractivity contribution in [2.75, 3.05) is 61.1 Å². The summed E-state index contributed by atoms with van der Waals surface area (Å²) in [5.74, 6) is 0.0853. The molecule has 222 valence electrons. The van der Waals surface area contributed by atoms with Gasteiger partial charge < -0.3 is 35.2 Å². The molecule has 0 bridgehead atoms. The topological polar surface area (TPSA) is 112 Å². The molecular formula is C32H39N5O5. The highest BCUT2D eigenvalue weighted by Gasteiger charge is 2.25. The van der Waals surface area contributed by atoms with Crippen molar-refractivity contribution in [1.82, 2.24) is 10.6 Å². The van der Waals surface area contributed by atoms with E-state index < -0.39 is 12.0 Å². The lowest BCUT2D eigenvalue weighted by atomic mass is 10.1. The van der Waals surface area contributed by atoms with Crippen LogP contribution in [0.4, 0.5) is 21.9 Å². The number of piperazine rings is 1. The first-order chi connectivity index (χ1) is 20.4. The zero-order valence-corrected chi connectivity index (χ0v) is 24.4. The van der Waals surface area contributed by atoms with Crippen LogP contribution in [0.5, 0.6) is 5.75 Å². The van der Waals surface area contributed by atoms with Crippen molar-refractivity contribution >= 4 is 35.0 Å². The van der Waals surface area contributed by atoms with Gasteiger partial charge in [0.05, 0.1) is 30.5 Å². The second-order valence-corrected chi connectivity index (χ2v) is 9.83. The Morgan fingerprint density at radius 1 is 0.833 bits per heavy atom. The average molecular weight is 574 g/mol. The zero-order valence-electron chi connectivity index (χ0n) is 24.4. The Morgan fingerprint density at radius 2 is 1.50 bits per heavy atom. The van der Waals surface area contributed by atoms with Crippen molar-refractivity contribution in [2.45, 2.75) is 26.8 Å². The molecule has 1 saturated heterocycles. The van der Waals surface area contributed by atoms with Crippen LogP contribution in [0.25, 0.3) is 0 Å². The van der Waals surface area contributed by atoms with Gasteiger partial charge in [-0.15, -0.1) is 0 Å². The molecule has 1 atom stereocenters. The van der Waals surface area contributed by atoms with Gasteiger partial charge >= 0.3 is 12.0 Å². The summed E-state index contributed by atoms with van der Waals surface area (Å²) in [7, 11) is 0. The van der Waals surface area contributed by atoms with Gasteiger partial charge in [-0.05, 0) is 56.7 Å². The monoisotopic (exact) mass is 573 g/mol. The first-order valence-electron chi connectivity index (χ1n) is 14.3. The molecular weight excluding hydrogens is 534 g/mol. The van der Waals surface area contributed by atoms with E-state index >= 15 is 0 Å². The standard InChI is InChI=1S/C32H39N5O5/c1-4-41-29-14-10-9-13-28(29)37-19-17-36(18-20-37)27-16-15-25(35-32(40)33-22-30(38)42-5-2)21-26(27)31(39)34-23(3)24-11-7-6-8-12-24/h6-16,21,23H,4-5,17-20,22H2,1-3H3,(H,34,39)(H2,33,35,40). The Hall–Kier alpha value is -4.73. The maximum absolute atomic E-state index is 13.7. The number of nitrogens with one attached hydrogen (secondary N) is 3. The van der Waals surface area contributed by atoms with Gasteiger partial charge in [-0.3, -0.25) is 9.59 Å². The Morgan fingerprint density at radius 3 is 2.19 bits per heavy atom. The normalized spacial score (nSPS) is 13.6. The number of hydrogen-bond acceptors (Lipinski definition) is 7. The van der Waals surface area contributed by atoms with E-state index in [4.69, 9.17) is 9.47 Å².